The Morgan fingerprint density at radius 3 is 2.30 bits per heavy atom. The lowest BCUT2D eigenvalue weighted by Gasteiger charge is -2.27. The van der Waals surface area contributed by atoms with Crippen LogP contribution in [0, 0.1) is 5.92 Å². The molecule has 1 heterocycles. The molecule has 0 bridgehead atoms. The Bertz CT molecular complexity index is 390. The first-order chi connectivity index (χ1) is 9.19. The van der Waals surface area contributed by atoms with Gasteiger partial charge in [0.15, 0.2) is 0 Å². The maximum Gasteiger partial charge on any atom is 0.0544 e. The molecular formula is C17H31N3. The molecule has 0 fully saturated rings. The fourth-order valence-electron chi connectivity index (χ4n) is 1.93. The molecule has 3 nitrogen and oxygen atoms in total. The van der Waals surface area contributed by atoms with Crippen LogP contribution in [0.3, 0.4) is 0 Å². The Morgan fingerprint density at radius 2 is 1.85 bits per heavy atom. The van der Waals surface area contributed by atoms with Crippen LogP contribution in [-0.4, -0.2) is 28.5 Å². The Morgan fingerprint density at radius 1 is 1.20 bits per heavy atom. The van der Waals surface area contributed by atoms with E-state index in [-0.39, 0.29) is 5.54 Å². The lowest BCUT2D eigenvalue weighted by atomic mass is 10.1. The highest BCUT2D eigenvalue weighted by Crippen LogP contribution is 2.12. The molecule has 0 aromatic carbocycles. The zero-order valence-corrected chi connectivity index (χ0v) is 14.2. The minimum absolute atomic E-state index is 0.144. The van der Waals surface area contributed by atoms with Crippen molar-refractivity contribution in [3.8, 4) is 0 Å². The summed E-state index contributed by atoms with van der Waals surface area (Å²) in [5.41, 5.74) is 2.52. The van der Waals surface area contributed by atoms with Crippen LogP contribution in [0.5, 0.6) is 0 Å². The molecule has 1 aromatic heterocycles. The number of pyridine rings is 1. The van der Waals surface area contributed by atoms with E-state index < -0.39 is 0 Å². The third kappa shape index (κ3) is 6.02. The Hall–Kier alpha value is -0.930. The van der Waals surface area contributed by atoms with E-state index in [1.165, 1.54) is 5.56 Å². The van der Waals surface area contributed by atoms with Crippen molar-refractivity contribution in [2.45, 2.75) is 66.2 Å². The maximum atomic E-state index is 4.58. The smallest absolute Gasteiger partial charge is 0.0544 e. The fraction of sp³-hybridized carbons (Fsp3) is 0.706. The Balaban J connectivity index is 2.54. The molecule has 3 heteroatoms. The molecule has 1 aromatic rings. The van der Waals surface area contributed by atoms with E-state index in [0.29, 0.717) is 12.0 Å². The SMILES string of the molecule is CC(C)C(C)N(C)Cc1ccc(CNC(C)(C)C)cn1. The summed E-state index contributed by atoms with van der Waals surface area (Å²) in [5, 5.41) is 3.48. The van der Waals surface area contributed by atoms with Crippen LogP contribution < -0.4 is 5.32 Å². The summed E-state index contributed by atoms with van der Waals surface area (Å²) in [7, 11) is 2.17. The summed E-state index contributed by atoms with van der Waals surface area (Å²) in [5.74, 6) is 0.662. The maximum absolute atomic E-state index is 4.58. The largest absolute Gasteiger partial charge is 0.308 e. The topological polar surface area (TPSA) is 28.2 Å². The monoisotopic (exact) mass is 277 g/mol. The van der Waals surface area contributed by atoms with Gasteiger partial charge in [0.05, 0.1) is 5.69 Å². The van der Waals surface area contributed by atoms with E-state index in [2.05, 4.69) is 75.9 Å². The summed E-state index contributed by atoms with van der Waals surface area (Å²) in [6.07, 6.45) is 1.99. The van der Waals surface area contributed by atoms with Crippen LogP contribution in [0.15, 0.2) is 18.3 Å². The quantitative estimate of drug-likeness (QED) is 0.863. The molecule has 0 spiro atoms. The van der Waals surface area contributed by atoms with Gasteiger partial charge < -0.3 is 5.32 Å². The summed E-state index contributed by atoms with van der Waals surface area (Å²) < 4.78 is 0. The molecule has 20 heavy (non-hydrogen) atoms. The van der Waals surface area contributed by atoms with E-state index in [1.807, 2.05) is 6.20 Å². The predicted molar refractivity (Wildman–Crippen MR) is 86.6 cm³/mol. The van der Waals surface area contributed by atoms with Gasteiger partial charge >= 0.3 is 0 Å². The lowest BCUT2D eigenvalue weighted by molar-refractivity contribution is 0.198. The molecule has 0 amide bonds. The number of rotatable bonds is 6. The zero-order chi connectivity index (χ0) is 15.3. The minimum atomic E-state index is 0.144. The second kappa shape index (κ2) is 7.19. The minimum Gasteiger partial charge on any atom is -0.308 e. The van der Waals surface area contributed by atoms with Crippen molar-refractivity contribution in [2.24, 2.45) is 5.92 Å². The van der Waals surface area contributed by atoms with Crippen LogP contribution >= 0.6 is 0 Å². The van der Waals surface area contributed by atoms with Crippen LogP contribution in [-0.2, 0) is 13.1 Å². The average molecular weight is 277 g/mol. The van der Waals surface area contributed by atoms with Crippen molar-refractivity contribution in [3.63, 3.8) is 0 Å². The van der Waals surface area contributed by atoms with Gasteiger partial charge in [-0.1, -0.05) is 19.9 Å². The number of nitrogens with one attached hydrogen (secondary N) is 1. The van der Waals surface area contributed by atoms with Crippen molar-refractivity contribution >= 4 is 0 Å². The summed E-state index contributed by atoms with van der Waals surface area (Å²) in [6, 6.07) is 4.89. The van der Waals surface area contributed by atoms with E-state index in [0.717, 1.165) is 18.8 Å². The summed E-state index contributed by atoms with van der Waals surface area (Å²) in [6.45, 7) is 15.1. The molecular weight excluding hydrogens is 246 g/mol. The van der Waals surface area contributed by atoms with E-state index in [4.69, 9.17) is 0 Å². The van der Waals surface area contributed by atoms with Gasteiger partial charge in [0.25, 0.3) is 0 Å². The molecule has 1 unspecified atom stereocenters. The van der Waals surface area contributed by atoms with Crippen molar-refractivity contribution in [1.29, 1.82) is 0 Å². The number of hydrogen-bond donors (Lipinski definition) is 1. The van der Waals surface area contributed by atoms with Gasteiger partial charge in [-0.25, -0.2) is 0 Å². The predicted octanol–water partition coefficient (Wildman–Crippen LogP) is 3.45. The van der Waals surface area contributed by atoms with Crippen LogP contribution in [0.1, 0.15) is 52.8 Å². The second-order valence-electron chi connectivity index (χ2n) is 7.16. The van der Waals surface area contributed by atoms with Crippen molar-refractivity contribution in [3.05, 3.63) is 29.6 Å². The van der Waals surface area contributed by atoms with Gasteiger partial charge in [0, 0.05) is 30.9 Å². The van der Waals surface area contributed by atoms with Crippen molar-refractivity contribution in [2.75, 3.05) is 7.05 Å². The normalized spacial score (nSPS) is 14.1. The molecule has 0 saturated heterocycles. The number of aromatic nitrogens is 1. The molecule has 1 N–H and O–H groups in total. The molecule has 0 aliphatic rings. The highest BCUT2D eigenvalue weighted by atomic mass is 15.1. The first kappa shape index (κ1) is 17.1. The third-order valence-corrected chi connectivity index (χ3v) is 3.78. The lowest BCUT2D eigenvalue weighted by Crippen LogP contribution is -2.35. The molecule has 0 saturated carbocycles. The van der Waals surface area contributed by atoms with Gasteiger partial charge in [0.2, 0.25) is 0 Å². The molecule has 114 valence electrons. The van der Waals surface area contributed by atoms with E-state index >= 15 is 0 Å². The number of nitrogens with zero attached hydrogens (tertiary/aromatic N) is 2. The van der Waals surface area contributed by atoms with Crippen LogP contribution in [0.4, 0.5) is 0 Å². The van der Waals surface area contributed by atoms with Gasteiger partial charge in [-0.3, -0.25) is 9.88 Å². The molecule has 0 radical (unpaired) electrons. The Kier molecular flexibility index (Phi) is 6.15. The standard InChI is InChI=1S/C17H31N3/c1-13(2)14(3)20(7)12-16-9-8-15(10-18-16)11-19-17(4,5)6/h8-10,13-14,19H,11-12H2,1-7H3. The molecule has 0 aliphatic heterocycles. The molecule has 1 atom stereocenters. The summed E-state index contributed by atoms with van der Waals surface area (Å²) in [4.78, 5) is 6.94. The first-order valence-corrected chi connectivity index (χ1v) is 7.58. The van der Waals surface area contributed by atoms with Gasteiger partial charge in [-0.15, -0.1) is 0 Å². The van der Waals surface area contributed by atoms with Gasteiger partial charge in [0.1, 0.15) is 0 Å². The Labute approximate surface area is 124 Å². The first-order valence-electron chi connectivity index (χ1n) is 7.58. The van der Waals surface area contributed by atoms with E-state index in [1.54, 1.807) is 0 Å². The van der Waals surface area contributed by atoms with Crippen LogP contribution in [0.2, 0.25) is 0 Å². The van der Waals surface area contributed by atoms with Gasteiger partial charge in [-0.05, 0) is 52.3 Å². The average Bonchev–Trinajstić information content (AvgIpc) is 2.36. The molecule has 0 aliphatic carbocycles. The molecule has 1 rings (SSSR count). The second-order valence-corrected chi connectivity index (χ2v) is 7.16. The zero-order valence-electron chi connectivity index (χ0n) is 14.2. The highest BCUT2D eigenvalue weighted by Gasteiger charge is 2.14. The van der Waals surface area contributed by atoms with Crippen molar-refractivity contribution < 1.29 is 0 Å². The fourth-order valence-corrected chi connectivity index (χ4v) is 1.93. The third-order valence-electron chi connectivity index (χ3n) is 3.78. The van der Waals surface area contributed by atoms with Crippen LogP contribution in [0.25, 0.3) is 0 Å². The highest BCUT2D eigenvalue weighted by molar-refractivity contribution is 5.14. The van der Waals surface area contributed by atoms with Crippen molar-refractivity contribution in [1.82, 2.24) is 15.2 Å². The van der Waals surface area contributed by atoms with Gasteiger partial charge in [-0.2, -0.15) is 0 Å². The summed E-state index contributed by atoms with van der Waals surface area (Å²) >= 11 is 0. The van der Waals surface area contributed by atoms with E-state index in [9.17, 15) is 0 Å². The number of hydrogen-bond acceptors (Lipinski definition) is 3.